The van der Waals surface area contributed by atoms with Crippen LogP contribution in [0.5, 0.6) is 5.75 Å². The van der Waals surface area contributed by atoms with Crippen LogP contribution in [-0.4, -0.2) is 30.8 Å². The van der Waals surface area contributed by atoms with Crippen LogP contribution in [0.3, 0.4) is 0 Å². The lowest BCUT2D eigenvalue weighted by Gasteiger charge is -2.14. The largest absolute Gasteiger partial charge is 0.496 e. The van der Waals surface area contributed by atoms with Crippen molar-refractivity contribution in [1.82, 2.24) is 5.32 Å². The first-order valence-electron chi connectivity index (χ1n) is 7.61. The van der Waals surface area contributed by atoms with Gasteiger partial charge in [0, 0.05) is 12.5 Å². The second kappa shape index (κ2) is 6.94. The highest BCUT2D eigenvalue weighted by molar-refractivity contribution is 5.83. The van der Waals surface area contributed by atoms with Crippen LogP contribution in [0.2, 0.25) is 0 Å². The van der Waals surface area contributed by atoms with Crippen molar-refractivity contribution in [2.45, 2.75) is 38.7 Å². The van der Waals surface area contributed by atoms with Crippen LogP contribution in [0.25, 0.3) is 0 Å². The fraction of sp³-hybridized carbons (Fsp3) is 0.588. The SMILES string of the molecule is COc1ccccc1C1CC1C(=O)NCC(C)CC(C)O. The lowest BCUT2D eigenvalue weighted by molar-refractivity contribution is -0.122. The van der Waals surface area contributed by atoms with E-state index in [-0.39, 0.29) is 29.8 Å². The first-order chi connectivity index (χ1) is 10.0. The van der Waals surface area contributed by atoms with Gasteiger partial charge < -0.3 is 15.2 Å². The van der Waals surface area contributed by atoms with E-state index < -0.39 is 0 Å². The molecule has 1 saturated carbocycles. The number of nitrogens with one attached hydrogen (secondary N) is 1. The minimum Gasteiger partial charge on any atom is -0.496 e. The van der Waals surface area contributed by atoms with Crippen LogP contribution in [0.15, 0.2) is 24.3 Å². The number of carbonyl (C=O) groups is 1. The van der Waals surface area contributed by atoms with E-state index in [9.17, 15) is 9.90 Å². The second-order valence-electron chi connectivity index (χ2n) is 6.13. The molecule has 0 saturated heterocycles. The van der Waals surface area contributed by atoms with Gasteiger partial charge in [-0.15, -0.1) is 0 Å². The van der Waals surface area contributed by atoms with Crippen molar-refractivity contribution < 1.29 is 14.6 Å². The molecule has 0 heterocycles. The Kier molecular flexibility index (Phi) is 5.23. The highest BCUT2D eigenvalue weighted by Gasteiger charge is 2.45. The normalized spacial score (nSPS) is 23.2. The summed E-state index contributed by atoms with van der Waals surface area (Å²) in [5.41, 5.74) is 1.12. The Morgan fingerprint density at radius 3 is 2.81 bits per heavy atom. The number of hydrogen-bond acceptors (Lipinski definition) is 3. The molecule has 1 aromatic rings. The molecule has 4 heteroatoms. The average molecular weight is 291 g/mol. The Balaban J connectivity index is 1.84. The number of para-hydroxylation sites is 1. The number of aliphatic hydroxyl groups excluding tert-OH is 1. The second-order valence-corrected chi connectivity index (χ2v) is 6.13. The molecule has 4 nitrogen and oxygen atoms in total. The van der Waals surface area contributed by atoms with Gasteiger partial charge in [-0.25, -0.2) is 0 Å². The summed E-state index contributed by atoms with van der Waals surface area (Å²) < 4.78 is 5.36. The lowest BCUT2D eigenvalue weighted by atomic mass is 10.0. The Bertz CT molecular complexity index is 487. The highest BCUT2D eigenvalue weighted by atomic mass is 16.5. The Morgan fingerprint density at radius 1 is 1.43 bits per heavy atom. The maximum Gasteiger partial charge on any atom is 0.223 e. The molecular formula is C17H25NO3. The molecule has 1 aliphatic carbocycles. The molecule has 0 bridgehead atoms. The quantitative estimate of drug-likeness (QED) is 0.810. The molecule has 2 N–H and O–H groups in total. The zero-order valence-corrected chi connectivity index (χ0v) is 13.0. The maximum absolute atomic E-state index is 12.2. The molecule has 1 amide bonds. The Morgan fingerprint density at radius 2 is 2.14 bits per heavy atom. The van der Waals surface area contributed by atoms with Crippen LogP contribution in [0.4, 0.5) is 0 Å². The van der Waals surface area contributed by atoms with Gasteiger partial charge in [-0.2, -0.15) is 0 Å². The Labute approximate surface area is 126 Å². The van der Waals surface area contributed by atoms with Gasteiger partial charge in [0.05, 0.1) is 13.2 Å². The number of amides is 1. The summed E-state index contributed by atoms with van der Waals surface area (Å²) >= 11 is 0. The molecular weight excluding hydrogens is 266 g/mol. The van der Waals surface area contributed by atoms with Gasteiger partial charge in [0.1, 0.15) is 5.75 Å². The third-order valence-electron chi connectivity index (χ3n) is 4.03. The molecule has 0 aliphatic heterocycles. The number of methoxy groups -OCH3 is 1. The fourth-order valence-electron chi connectivity index (χ4n) is 2.87. The third-order valence-corrected chi connectivity index (χ3v) is 4.03. The number of ether oxygens (including phenoxy) is 1. The van der Waals surface area contributed by atoms with Crippen molar-refractivity contribution in [3.63, 3.8) is 0 Å². The van der Waals surface area contributed by atoms with Crippen molar-refractivity contribution in [1.29, 1.82) is 0 Å². The molecule has 2 rings (SSSR count). The number of hydrogen-bond donors (Lipinski definition) is 2. The summed E-state index contributed by atoms with van der Waals surface area (Å²) in [5, 5.41) is 12.3. The summed E-state index contributed by atoms with van der Waals surface area (Å²) in [6.45, 7) is 4.44. The van der Waals surface area contributed by atoms with Crippen LogP contribution in [0, 0.1) is 11.8 Å². The molecule has 0 aromatic heterocycles. The average Bonchev–Trinajstić information content (AvgIpc) is 3.24. The van der Waals surface area contributed by atoms with Gasteiger partial charge in [-0.3, -0.25) is 4.79 Å². The number of benzene rings is 1. The number of carbonyl (C=O) groups excluding carboxylic acids is 1. The van der Waals surface area contributed by atoms with Crippen LogP contribution < -0.4 is 10.1 Å². The van der Waals surface area contributed by atoms with Crippen LogP contribution >= 0.6 is 0 Å². The predicted octanol–water partition coefficient (Wildman–Crippen LogP) is 2.32. The molecule has 21 heavy (non-hydrogen) atoms. The number of rotatable bonds is 7. The van der Waals surface area contributed by atoms with E-state index in [0.29, 0.717) is 13.0 Å². The van der Waals surface area contributed by atoms with Crippen LogP contribution in [0.1, 0.15) is 38.2 Å². The van der Waals surface area contributed by atoms with Gasteiger partial charge in [-0.1, -0.05) is 25.1 Å². The third kappa shape index (κ3) is 4.21. The fourth-order valence-corrected chi connectivity index (χ4v) is 2.87. The molecule has 1 fully saturated rings. The Hall–Kier alpha value is -1.55. The van der Waals surface area contributed by atoms with E-state index in [2.05, 4.69) is 5.32 Å². The van der Waals surface area contributed by atoms with Crippen molar-refractivity contribution in [3.8, 4) is 5.75 Å². The molecule has 1 aromatic carbocycles. The van der Waals surface area contributed by atoms with E-state index in [1.807, 2.05) is 31.2 Å². The van der Waals surface area contributed by atoms with Crippen molar-refractivity contribution in [2.24, 2.45) is 11.8 Å². The summed E-state index contributed by atoms with van der Waals surface area (Å²) in [5.74, 6) is 1.59. The highest BCUT2D eigenvalue weighted by Crippen LogP contribution is 2.50. The molecule has 0 radical (unpaired) electrons. The zero-order valence-electron chi connectivity index (χ0n) is 13.0. The minimum absolute atomic E-state index is 0.0556. The predicted molar refractivity (Wildman–Crippen MR) is 82.3 cm³/mol. The maximum atomic E-state index is 12.2. The number of aliphatic hydroxyl groups is 1. The van der Waals surface area contributed by atoms with Gasteiger partial charge in [-0.05, 0) is 43.2 Å². The molecule has 4 unspecified atom stereocenters. The summed E-state index contributed by atoms with van der Waals surface area (Å²) in [7, 11) is 1.66. The van der Waals surface area contributed by atoms with Gasteiger partial charge in [0.2, 0.25) is 5.91 Å². The van der Waals surface area contributed by atoms with E-state index >= 15 is 0 Å². The molecule has 1 aliphatic rings. The smallest absolute Gasteiger partial charge is 0.223 e. The van der Waals surface area contributed by atoms with Crippen molar-refractivity contribution >= 4 is 5.91 Å². The monoisotopic (exact) mass is 291 g/mol. The summed E-state index contributed by atoms with van der Waals surface area (Å²) in [6.07, 6.45) is 1.27. The summed E-state index contributed by atoms with van der Waals surface area (Å²) in [6, 6.07) is 7.90. The van der Waals surface area contributed by atoms with Gasteiger partial charge in [0.15, 0.2) is 0 Å². The lowest BCUT2D eigenvalue weighted by Crippen LogP contribution is -2.31. The first kappa shape index (κ1) is 15.8. The summed E-state index contributed by atoms with van der Waals surface area (Å²) in [4.78, 5) is 12.2. The topological polar surface area (TPSA) is 58.6 Å². The molecule has 0 spiro atoms. The van der Waals surface area contributed by atoms with Crippen molar-refractivity contribution in [2.75, 3.05) is 13.7 Å². The van der Waals surface area contributed by atoms with E-state index in [1.54, 1.807) is 14.0 Å². The molecule has 4 atom stereocenters. The first-order valence-corrected chi connectivity index (χ1v) is 7.61. The minimum atomic E-state index is -0.320. The zero-order chi connectivity index (χ0) is 15.4. The van der Waals surface area contributed by atoms with Crippen LogP contribution in [-0.2, 0) is 4.79 Å². The van der Waals surface area contributed by atoms with E-state index in [4.69, 9.17) is 4.74 Å². The molecule has 116 valence electrons. The van der Waals surface area contributed by atoms with E-state index in [1.165, 1.54) is 0 Å². The van der Waals surface area contributed by atoms with E-state index in [0.717, 1.165) is 17.7 Å². The van der Waals surface area contributed by atoms with Crippen molar-refractivity contribution in [3.05, 3.63) is 29.8 Å². The van der Waals surface area contributed by atoms with Gasteiger partial charge >= 0.3 is 0 Å². The standard InChI is InChI=1S/C17H25NO3/c1-11(8-12(2)19)10-18-17(20)15-9-14(15)13-6-4-5-7-16(13)21-3/h4-7,11-12,14-15,19H,8-10H2,1-3H3,(H,18,20). The van der Waals surface area contributed by atoms with Gasteiger partial charge in [0.25, 0.3) is 0 Å².